The molecule has 0 saturated heterocycles. The highest BCUT2D eigenvalue weighted by Gasteiger charge is 2.27. The Hall–Kier alpha value is -0.0800. The molecule has 1 aliphatic carbocycles. The zero-order valence-electron chi connectivity index (χ0n) is 12.9. The number of hydrogen-bond acceptors (Lipinski definition) is 2. The number of nitrogens with one attached hydrogen (secondary N) is 1. The van der Waals surface area contributed by atoms with Gasteiger partial charge in [0.15, 0.2) is 0 Å². The lowest BCUT2D eigenvalue weighted by molar-refractivity contribution is 0.251. The van der Waals surface area contributed by atoms with E-state index in [1.54, 1.807) is 0 Å². The average molecular weight is 254 g/mol. The summed E-state index contributed by atoms with van der Waals surface area (Å²) in [6.07, 6.45) is 11.0. The summed E-state index contributed by atoms with van der Waals surface area (Å²) < 4.78 is 0. The van der Waals surface area contributed by atoms with Crippen LogP contribution < -0.4 is 5.32 Å². The molecule has 0 amide bonds. The summed E-state index contributed by atoms with van der Waals surface area (Å²) in [6.45, 7) is 10.7. The van der Waals surface area contributed by atoms with E-state index in [-0.39, 0.29) is 0 Å². The van der Waals surface area contributed by atoms with Gasteiger partial charge in [-0.2, -0.15) is 0 Å². The second kappa shape index (κ2) is 9.80. The quantitative estimate of drug-likeness (QED) is 0.533. The van der Waals surface area contributed by atoms with E-state index in [0.717, 1.165) is 6.04 Å². The maximum Gasteiger partial charge on any atom is 0.00964 e. The number of unbranched alkanes of at least 4 members (excludes halogenated alkanes) is 2. The van der Waals surface area contributed by atoms with Crippen molar-refractivity contribution in [3.05, 3.63) is 0 Å². The van der Waals surface area contributed by atoms with Crippen molar-refractivity contribution in [2.75, 3.05) is 19.6 Å². The molecule has 18 heavy (non-hydrogen) atoms. The SMILES string of the molecule is CCCCN(CCCCC(C)NCCC)C1CC1. The molecule has 1 unspecified atom stereocenters. The Balaban J connectivity index is 2.00. The van der Waals surface area contributed by atoms with E-state index >= 15 is 0 Å². The van der Waals surface area contributed by atoms with Crippen LogP contribution in [0.2, 0.25) is 0 Å². The molecule has 108 valence electrons. The fourth-order valence-electron chi connectivity index (χ4n) is 2.54. The topological polar surface area (TPSA) is 15.3 Å². The van der Waals surface area contributed by atoms with Crippen molar-refractivity contribution < 1.29 is 0 Å². The van der Waals surface area contributed by atoms with Gasteiger partial charge in [-0.05, 0) is 65.1 Å². The Morgan fingerprint density at radius 2 is 1.78 bits per heavy atom. The Morgan fingerprint density at radius 3 is 2.39 bits per heavy atom. The van der Waals surface area contributed by atoms with Crippen molar-refractivity contribution in [1.29, 1.82) is 0 Å². The molecule has 1 aliphatic rings. The van der Waals surface area contributed by atoms with Gasteiger partial charge in [0.2, 0.25) is 0 Å². The van der Waals surface area contributed by atoms with Gasteiger partial charge < -0.3 is 10.2 Å². The van der Waals surface area contributed by atoms with Crippen LogP contribution in [0.1, 0.15) is 72.1 Å². The maximum absolute atomic E-state index is 3.58. The van der Waals surface area contributed by atoms with Gasteiger partial charge >= 0.3 is 0 Å². The first-order chi connectivity index (χ1) is 8.77. The Kier molecular flexibility index (Phi) is 8.70. The molecule has 1 rings (SSSR count). The average Bonchev–Trinajstić information content (AvgIpc) is 3.19. The van der Waals surface area contributed by atoms with Gasteiger partial charge in [0.05, 0.1) is 0 Å². The van der Waals surface area contributed by atoms with Crippen LogP contribution in [0, 0.1) is 0 Å². The molecule has 0 bridgehead atoms. The molecule has 0 aromatic rings. The van der Waals surface area contributed by atoms with Crippen LogP contribution in [0.4, 0.5) is 0 Å². The lowest BCUT2D eigenvalue weighted by Crippen LogP contribution is -2.29. The first kappa shape index (κ1) is 16.0. The van der Waals surface area contributed by atoms with Crippen LogP contribution in [0.3, 0.4) is 0 Å². The van der Waals surface area contributed by atoms with Crippen molar-refractivity contribution in [3.8, 4) is 0 Å². The monoisotopic (exact) mass is 254 g/mol. The zero-order chi connectivity index (χ0) is 13.2. The van der Waals surface area contributed by atoms with Crippen LogP contribution >= 0.6 is 0 Å². The molecule has 2 nitrogen and oxygen atoms in total. The van der Waals surface area contributed by atoms with E-state index in [2.05, 4.69) is 31.0 Å². The van der Waals surface area contributed by atoms with Crippen molar-refractivity contribution in [2.45, 2.75) is 84.2 Å². The summed E-state index contributed by atoms with van der Waals surface area (Å²) in [5.74, 6) is 0. The zero-order valence-corrected chi connectivity index (χ0v) is 12.9. The van der Waals surface area contributed by atoms with Gasteiger partial charge in [0.1, 0.15) is 0 Å². The van der Waals surface area contributed by atoms with Gasteiger partial charge in [0.25, 0.3) is 0 Å². The van der Waals surface area contributed by atoms with Crippen molar-refractivity contribution in [2.24, 2.45) is 0 Å². The maximum atomic E-state index is 3.58. The summed E-state index contributed by atoms with van der Waals surface area (Å²) in [4.78, 5) is 2.74. The normalized spacial score (nSPS) is 17.3. The highest BCUT2D eigenvalue weighted by atomic mass is 15.2. The van der Waals surface area contributed by atoms with Crippen LogP contribution in [0.15, 0.2) is 0 Å². The minimum atomic E-state index is 0.704. The molecule has 0 aromatic heterocycles. The Labute approximate surface area is 115 Å². The van der Waals surface area contributed by atoms with E-state index in [4.69, 9.17) is 0 Å². The van der Waals surface area contributed by atoms with Crippen LogP contribution in [0.5, 0.6) is 0 Å². The van der Waals surface area contributed by atoms with Gasteiger partial charge in [-0.15, -0.1) is 0 Å². The molecule has 1 atom stereocenters. The minimum absolute atomic E-state index is 0.704. The van der Waals surface area contributed by atoms with Gasteiger partial charge in [0, 0.05) is 12.1 Å². The molecule has 0 aliphatic heterocycles. The van der Waals surface area contributed by atoms with E-state index in [0.29, 0.717) is 6.04 Å². The molecular weight excluding hydrogens is 220 g/mol. The second-order valence-corrected chi connectivity index (χ2v) is 5.97. The van der Waals surface area contributed by atoms with Crippen LogP contribution in [-0.2, 0) is 0 Å². The van der Waals surface area contributed by atoms with Gasteiger partial charge in [-0.3, -0.25) is 0 Å². The van der Waals surface area contributed by atoms with E-state index in [9.17, 15) is 0 Å². The van der Waals surface area contributed by atoms with E-state index in [1.807, 2.05) is 0 Å². The van der Waals surface area contributed by atoms with Crippen molar-refractivity contribution in [1.82, 2.24) is 10.2 Å². The van der Waals surface area contributed by atoms with Crippen LogP contribution in [0.25, 0.3) is 0 Å². The molecule has 1 saturated carbocycles. The summed E-state index contributed by atoms with van der Waals surface area (Å²) >= 11 is 0. The first-order valence-electron chi connectivity index (χ1n) is 8.25. The fraction of sp³-hybridized carbons (Fsp3) is 1.00. The summed E-state index contributed by atoms with van der Waals surface area (Å²) in [6, 6.07) is 1.65. The minimum Gasteiger partial charge on any atom is -0.314 e. The summed E-state index contributed by atoms with van der Waals surface area (Å²) in [5.41, 5.74) is 0. The third-order valence-electron chi connectivity index (χ3n) is 3.94. The molecule has 0 spiro atoms. The number of hydrogen-bond donors (Lipinski definition) is 1. The first-order valence-corrected chi connectivity index (χ1v) is 8.25. The smallest absolute Gasteiger partial charge is 0.00964 e. The Morgan fingerprint density at radius 1 is 1.06 bits per heavy atom. The molecule has 0 heterocycles. The molecule has 0 aromatic carbocycles. The van der Waals surface area contributed by atoms with E-state index in [1.165, 1.54) is 71.0 Å². The van der Waals surface area contributed by atoms with Gasteiger partial charge in [-0.25, -0.2) is 0 Å². The highest BCUT2D eigenvalue weighted by molar-refractivity contribution is 4.84. The predicted molar refractivity (Wildman–Crippen MR) is 81.1 cm³/mol. The lowest BCUT2D eigenvalue weighted by Gasteiger charge is -2.22. The fourth-order valence-corrected chi connectivity index (χ4v) is 2.54. The Bertz CT molecular complexity index is 190. The molecule has 0 radical (unpaired) electrons. The van der Waals surface area contributed by atoms with Crippen molar-refractivity contribution >= 4 is 0 Å². The van der Waals surface area contributed by atoms with Crippen molar-refractivity contribution in [3.63, 3.8) is 0 Å². The highest BCUT2D eigenvalue weighted by Crippen LogP contribution is 2.27. The number of rotatable bonds is 12. The molecule has 1 N–H and O–H groups in total. The van der Waals surface area contributed by atoms with E-state index < -0.39 is 0 Å². The largest absolute Gasteiger partial charge is 0.314 e. The lowest BCUT2D eigenvalue weighted by atomic mass is 10.1. The summed E-state index contributed by atoms with van der Waals surface area (Å²) in [5, 5.41) is 3.58. The standard InChI is InChI=1S/C16H34N2/c1-4-6-13-18(16-10-11-16)14-8-7-9-15(3)17-12-5-2/h15-17H,4-14H2,1-3H3. The molecule has 2 heteroatoms. The summed E-state index contributed by atoms with van der Waals surface area (Å²) in [7, 11) is 0. The third-order valence-corrected chi connectivity index (χ3v) is 3.94. The van der Waals surface area contributed by atoms with Crippen LogP contribution in [-0.4, -0.2) is 36.6 Å². The number of nitrogens with zero attached hydrogens (tertiary/aromatic N) is 1. The predicted octanol–water partition coefficient (Wildman–Crippen LogP) is 3.81. The second-order valence-electron chi connectivity index (χ2n) is 5.97. The van der Waals surface area contributed by atoms with Gasteiger partial charge in [-0.1, -0.05) is 26.7 Å². The third kappa shape index (κ3) is 7.38. The molecule has 1 fully saturated rings. The molecular formula is C16H34N2.